The lowest BCUT2D eigenvalue weighted by Gasteiger charge is -2.11. The molecule has 0 unspecified atom stereocenters. The first-order valence-electron chi connectivity index (χ1n) is 7.99. The summed E-state index contributed by atoms with van der Waals surface area (Å²) in [5.41, 5.74) is 7.32. The van der Waals surface area contributed by atoms with Crippen molar-refractivity contribution in [2.24, 2.45) is 0 Å². The number of nitrogens with two attached hydrogens (primary N) is 1. The fourth-order valence-electron chi connectivity index (χ4n) is 2.48. The third kappa shape index (κ3) is 3.95. The van der Waals surface area contributed by atoms with Crippen LogP contribution in [0.2, 0.25) is 5.02 Å². The van der Waals surface area contributed by atoms with Crippen LogP contribution in [0.15, 0.2) is 42.5 Å². The van der Waals surface area contributed by atoms with E-state index in [1.807, 2.05) is 18.2 Å². The predicted octanol–water partition coefficient (Wildman–Crippen LogP) is 2.83. The van der Waals surface area contributed by atoms with Crippen molar-refractivity contribution < 1.29 is 14.3 Å². The first-order chi connectivity index (χ1) is 13.0. The molecule has 8 nitrogen and oxygen atoms in total. The van der Waals surface area contributed by atoms with Gasteiger partial charge in [0.25, 0.3) is 5.91 Å². The molecule has 1 aromatic heterocycles. The monoisotopic (exact) mass is 387 g/mol. The molecule has 2 aromatic carbocycles. The molecule has 3 N–H and O–H groups in total. The van der Waals surface area contributed by atoms with Crippen LogP contribution in [0.4, 0.5) is 11.5 Å². The molecule has 1 heterocycles. The van der Waals surface area contributed by atoms with E-state index in [0.717, 1.165) is 5.56 Å². The first kappa shape index (κ1) is 18.5. The van der Waals surface area contributed by atoms with E-state index in [4.69, 9.17) is 26.8 Å². The topological polar surface area (TPSA) is 104 Å². The Bertz CT molecular complexity index is 973. The Balaban J connectivity index is 1.83. The highest BCUT2D eigenvalue weighted by Gasteiger charge is 2.20. The third-order valence-corrected chi connectivity index (χ3v) is 4.29. The van der Waals surface area contributed by atoms with E-state index >= 15 is 0 Å². The molecular weight excluding hydrogens is 370 g/mol. The van der Waals surface area contributed by atoms with Gasteiger partial charge in [-0.05, 0) is 23.8 Å². The van der Waals surface area contributed by atoms with Crippen LogP contribution in [0, 0.1) is 0 Å². The summed E-state index contributed by atoms with van der Waals surface area (Å²) in [6.07, 6.45) is 0. The molecule has 3 rings (SSSR count). The number of hydrogen-bond acceptors (Lipinski definition) is 6. The van der Waals surface area contributed by atoms with Gasteiger partial charge in [0.1, 0.15) is 11.5 Å². The van der Waals surface area contributed by atoms with E-state index in [1.54, 1.807) is 24.3 Å². The van der Waals surface area contributed by atoms with Gasteiger partial charge >= 0.3 is 0 Å². The van der Waals surface area contributed by atoms with Gasteiger partial charge in [0.05, 0.1) is 26.5 Å². The summed E-state index contributed by atoms with van der Waals surface area (Å²) in [7, 11) is 3.04. The van der Waals surface area contributed by atoms with E-state index in [-0.39, 0.29) is 11.5 Å². The average Bonchev–Trinajstić information content (AvgIpc) is 3.04. The zero-order valence-electron chi connectivity index (χ0n) is 14.8. The number of halogens is 1. The van der Waals surface area contributed by atoms with Crippen molar-refractivity contribution >= 4 is 29.0 Å². The number of ether oxygens (including phenoxy) is 2. The van der Waals surface area contributed by atoms with Gasteiger partial charge in [-0.1, -0.05) is 35.0 Å². The molecule has 0 fully saturated rings. The number of aromatic nitrogens is 3. The van der Waals surface area contributed by atoms with Gasteiger partial charge < -0.3 is 20.5 Å². The van der Waals surface area contributed by atoms with Crippen molar-refractivity contribution in [3.8, 4) is 11.5 Å². The third-order valence-electron chi connectivity index (χ3n) is 3.92. The fraction of sp³-hybridized carbons (Fsp3) is 0.167. The second kappa shape index (κ2) is 7.96. The summed E-state index contributed by atoms with van der Waals surface area (Å²) >= 11 is 6.16. The maximum absolute atomic E-state index is 12.6. The maximum Gasteiger partial charge on any atom is 0.280 e. The molecule has 0 saturated heterocycles. The van der Waals surface area contributed by atoms with Crippen molar-refractivity contribution in [1.82, 2.24) is 15.0 Å². The summed E-state index contributed by atoms with van der Waals surface area (Å²) in [6.45, 7) is 0.300. The summed E-state index contributed by atoms with van der Waals surface area (Å²) < 4.78 is 11.8. The lowest BCUT2D eigenvalue weighted by molar-refractivity contribution is 0.102. The Labute approximate surface area is 160 Å². The zero-order chi connectivity index (χ0) is 19.4. The number of anilines is 2. The molecule has 0 saturated carbocycles. The molecular formula is C18H18ClN5O3. The molecule has 0 aliphatic heterocycles. The normalized spacial score (nSPS) is 10.5. The second-order valence-electron chi connectivity index (χ2n) is 5.59. The van der Waals surface area contributed by atoms with Crippen molar-refractivity contribution in [3.05, 3.63) is 58.7 Å². The van der Waals surface area contributed by atoms with E-state index in [1.165, 1.54) is 18.9 Å². The highest BCUT2D eigenvalue weighted by molar-refractivity contribution is 6.31. The molecule has 0 aliphatic rings. The second-order valence-corrected chi connectivity index (χ2v) is 6.00. The number of nitrogens with one attached hydrogen (secondary N) is 1. The molecule has 3 aromatic rings. The molecule has 0 radical (unpaired) electrons. The molecule has 27 heavy (non-hydrogen) atoms. The first-order valence-corrected chi connectivity index (χ1v) is 8.37. The van der Waals surface area contributed by atoms with E-state index in [9.17, 15) is 4.79 Å². The number of hydrogen-bond donors (Lipinski definition) is 2. The van der Waals surface area contributed by atoms with E-state index in [0.29, 0.717) is 28.8 Å². The molecule has 1 amide bonds. The Morgan fingerprint density at radius 3 is 2.70 bits per heavy atom. The van der Waals surface area contributed by atoms with Crippen LogP contribution in [0.5, 0.6) is 11.5 Å². The fourth-order valence-corrected chi connectivity index (χ4v) is 2.68. The molecule has 0 bridgehead atoms. The Morgan fingerprint density at radius 1 is 1.22 bits per heavy atom. The van der Waals surface area contributed by atoms with Crippen LogP contribution in [-0.2, 0) is 6.54 Å². The summed E-state index contributed by atoms with van der Waals surface area (Å²) in [6, 6.07) is 12.4. The SMILES string of the molecule is COc1ccc(OC)c(NC(=O)c2nnn(Cc3ccccc3Cl)c2N)c1. The van der Waals surface area contributed by atoms with Crippen molar-refractivity contribution in [1.29, 1.82) is 0 Å². The van der Waals surface area contributed by atoms with Gasteiger partial charge in [-0.15, -0.1) is 5.10 Å². The van der Waals surface area contributed by atoms with Crippen LogP contribution in [0.3, 0.4) is 0 Å². The van der Waals surface area contributed by atoms with Gasteiger partial charge in [-0.3, -0.25) is 4.79 Å². The number of rotatable bonds is 6. The molecule has 0 aliphatic carbocycles. The number of amides is 1. The molecule has 0 atom stereocenters. The van der Waals surface area contributed by atoms with Crippen molar-refractivity contribution in [3.63, 3.8) is 0 Å². The van der Waals surface area contributed by atoms with Gasteiger partial charge in [0.2, 0.25) is 0 Å². The van der Waals surface area contributed by atoms with E-state index < -0.39 is 5.91 Å². The molecule has 0 spiro atoms. The lowest BCUT2D eigenvalue weighted by Crippen LogP contribution is -2.16. The van der Waals surface area contributed by atoms with Gasteiger partial charge in [0.15, 0.2) is 11.5 Å². The van der Waals surface area contributed by atoms with Gasteiger partial charge in [0, 0.05) is 11.1 Å². The number of methoxy groups -OCH3 is 2. The number of carbonyl (C=O) groups is 1. The van der Waals surface area contributed by atoms with Crippen LogP contribution < -0.4 is 20.5 Å². The number of nitrogen functional groups attached to an aromatic ring is 1. The minimum absolute atomic E-state index is 0.00641. The highest BCUT2D eigenvalue weighted by atomic mass is 35.5. The Hall–Kier alpha value is -3.26. The summed E-state index contributed by atoms with van der Waals surface area (Å²) in [5, 5.41) is 11.2. The highest BCUT2D eigenvalue weighted by Crippen LogP contribution is 2.29. The van der Waals surface area contributed by atoms with Crippen molar-refractivity contribution in [2.45, 2.75) is 6.54 Å². The van der Waals surface area contributed by atoms with Gasteiger partial charge in [-0.25, -0.2) is 4.68 Å². The zero-order valence-corrected chi connectivity index (χ0v) is 15.5. The van der Waals surface area contributed by atoms with Crippen molar-refractivity contribution in [2.75, 3.05) is 25.3 Å². The smallest absolute Gasteiger partial charge is 0.280 e. The molecule has 140 valence electrons. The largest absolute Gasteiger partial charge is 0.497 e. The Kier molecular flexibility index (Phi) is 5.46. The van der Waals surface area contributed by atoms with Crippen LogP contribution in [0.25, 0.3) is 0 Å². The Morgan fingerprint density at radius 2 is 2.00 bits per heavy atom. The van der Waals surface area contributed by atoms with E-state index in [2.05, 4.69) is 15.6 Å². The lowest BCUT2D eigenvalue weighted by atomic mass is 10.2. The van der Waals surface area contributed by atoms with Crippen LogP contribution >= 0.6 is 11.6 Å². The number of benzene rings is 2. The number of nitrogens with zero attached hydrogens (tertiary/aromatic N) is 3. The standard InChI is InChI=1S/C18H18ClN5O3/c1-26-12-7-8-15(27-2)14(9-12)21-18(25)16-17(20)24(23-22-16)10-11-5-3-4-6-13(11)19/h3-9H,10,20H2,1-2H3,(H,21,25). The molecule has 9 heteroatoms. The van der Waals surface area contributed by atoms with Crippen LogP contribution in [-0.4, -0.2) is 35.1 Å². The maximum atomic E-state index is 12.6. The quantitative estimate of drug-likeness (QED) is 0.674. The van der Waals surface area contributed by atoms with Crippen LogP contribution in [0.1, 0.15) is 16.1 Å². The number of carbonyl (C=O) groups excluding carboxylic acids is 1. The average molecular weight is 388 g/mol. The minimum Gasteiger partial charge on any atom is -0.497 e. The summed E-state index contributed by atoms with van der Waals surface area (Å²) in [4.78, 5) is 12.6. The summed E-state index contributed by atoms with van der Waals surface area (Å²) in [5.74, 6) is 0.673. The minimum atomic E-state index is -0.510. The van der Waals surface area contributed by atoms with Gasteiger partial charge in [-0.2, -0.15) is 0 Å². The predicted molar refractivity (Wildman–Crippen MR) is 102 cm³/mol.